The molecule has 0 aliphatic carbocycles. The fourth-order valence-corrected chi connectivity index (χ4v) is 0.995. The van der Waals surface area contributed by atoms with E-state index in [9.17, 15) is 4.79 Å². The highest BCUT2D eigenvalue weighted by atomic mass is 35.5. The highest BCUT2D eigenvalue weighted by molar-refractivity contribution is 6.18. The summed E-state index contributed by atoms with van der Waals surface area (Å²) in [4.78, 5) is 12.7. The van der Waals surface area contributed by atoms with Crippen molar-refractivity contribution in [2.24, 2.45) is 0 Å². The second kappa shape index (κ2) is 7.13. The number of amides is 1. The Morgan fingerprint density at radius 2 is 2.33 bits per heavy atom. The molecule has 0 aliphatic rings. The molecule has 0 spiro atoms. The number of hydrogen-bond acceptors (Lipinski definition) is 2. The van der Waals surface area contributed by atoms with Gasteiger partial charge < -0.3 is 10.0 Å². The van der Waals surface area contributed by atoms with Crippen LogP contribution >= 0.6 is 11.6 Å². The Morgan fingerprint density at radius 3 is 2.75 bits per heavy atom. The lowest BCUT2D eigenvalue weighted by Crippen LogP contribution is -2.33. The number of carbonyl (C=O) groups is 1. The van der Waals surface area contributed by atoms with E-state index in [2.05, 4.69) is 6.58 Å². The zero-order valence-electron chi connectivity index (χ0n) is 7.00. The monoisotopic (exact) mass is 191 g/mol. The Bertz CT molecular complexity index is 150. The highest BCUT2D eigenvalue weighted by Crippen LogP contribution is 1.95. The van der Waals surface area contributed by atoms with Gasteiger partial charge in [0.1, 0.15) is 0 Å². The summed E-state index contributed by atoms with van der Waals surface area (Å²) >= 11 is 5.40. The van der Waals surface area contributed by atoms with Gasteiger partial charge in [-0.05, 0) is 0 Å². The van der Waals surface area contributed by atoms with Crippen molar-refractivity contribution in [2.45, 2.75) is 6.42 Å². The number of alkyl halides is 1. The molecule has 3 nitrogen and oxygen atoms in total. The van der Waals surface area contributed by atoms with E-state index in [0.29, 0.717) is 25.4 Å². The molecule has 0 radical (unpaired) electrons. The van der Waals surface area contributed by atoms with E-state index >= 15 is 0 Å². The van der Waals surface area contributed by atoms with Gasteiger partial charge in [0.15, 0.2) is 0 Å². The van der Waals surface area contributed by atoms with Crippen LogP contribution in [0.5, 0.6) is 0 Å². The van der Waals surface area contributed by atoms with Crippen molar-refractivity contribution in [3.8, 4) is 0 Å². The van der Waals surface area contributed by atoms with Crippen LogP contribution in [0.25, 0.3) is 0 Å². The van der Waals surface area contributed by atoms with Crippen molar-refractivity contribution in [3.05, 3.63) is 12.7 Å². The van der Waals surface area contributed by atoms with Crippen molar-refractivity contribution in [3.63, 3.8) is 0 Å². The third-order valence-electron chi connectivity index (χ3n) is 1.38. The predicted octanol–water partition coefficient (Wildman–Crippen LogP) is 0.622. The summed E-state index contributed by atoms with van der Waals surface area (Å²) in [5, 5.41) is 8.62. The molecule has 4 heteroatoms. The zero-order valence-corrected chi connectivity index (χ0v) is 7.76. The van der Waals surface area contributed by atoms with Crippen molar-refractivity contribution < 1.29 is 9.90 Å². The van der Waals surface area contributed by atoms with E-state index < -0.39 is 0 Å². The summed E-state index contributed by atoms with van der Waals surface area (Å²) in [5.74, 6) is 0.275. The number of rotatable bonds is 6. The number of hydrogen-bond donors (Lipinski definition) is 1. The number of halogens is 1. The first-order chi connectivity index (χ1) is 5.76. The van der Waals surface area contributed by atoms with Crippen LogP contribution in [0.1, 0.15) is 6.42 Å². The molecular weight excluding hydrogens is 178 g/mol. The molecule has 0 bridgehead atoms. The van der Waals surface area contributed by atoms with Gasteiger partial charge in [-0.25, -0.2) is 0 Å². The molecule has 0 aromatic carbocycles. The minimum Gasteiger partial charge on any atom is -0.395 e. The third-order valence-corrected chi connectivity index (χ3v) is 1.57. The average molecular weight is 192 g/mol. The van der Waals surface area contributed by atoms with Crippen molar-refractivity contribution >= 4 is 17.5 Å². The molecule has 0 heterocycles. The standard InChI is InChI=1S/C8H14ClNO2/c1-2-5-10(6-7-11)8(12)3-4-9/h2,11H,1,3-7H2. The molecule has 0 saturated heterocycles. The summed E-state index contributed by atoms with van der Waals surface area (Å²) in [6, 6.07) is 0. The minimum absolute atomic E-state index is 0.0259. The van der Waals surface area contributed by atoms with E-state index in [4.69, 9.17) is 16.7 Å². The van der Waals surface area contributed by atoms with Crippen LogP contribution < -0.4 is 0 Å². The molecule has 0 aliphatic heterocycles. The van der Waals surface area contributed by atoms with Gasteiger partial charge in [0.05, 0.1) is 6.61 Å². The van der Waals surface area contributed by atoms with Gasteiger partial charge in [0.25, 0.3) is 0 Å². The molecule has 12 heavy (non-hydrogen) atoms. The predicted molar refractivity (Wildman–Crippen MR) is 49.2 cm³/mol. The third kappa shape index (κ3) is 4.36. The molecule has 0 unspecified atom stereocenters. The first-order valence-electron chi connectivity index (χ1n) is 3.81. The van der Waals surface area contributed by atoms with Gasteiger partial charge in [-0.1, -0.05) is 6.08 Å². The first-order valence-corrected chi connectivity index (χ1v) is 4.35. The molecule has 0 aromatic rings. The normalized spacial score (nSPS) is 9.50. The van der Waals surface area contributed by atoms with Crippen molar-refractivity contribution in [1.82, 2.24) is 4.90 Å². The van der Waals surface area contributed by atoms with Gasteiger partial charge in [0, 0.05) is 25.4 Å². The van der Waals surface area contributed by atoms with Crippen LogP contribution in [0.4, 0.5) is 0 Å². The summed E-state index contributed by atoms with van der Waals surface area (Å²) in [6.07, 6.45) is 1.94. The number of aliphatic hydroxyl groups excluding tert-OH is 1. The van der Waals surface area contributed by atoms with E-state index in [-0.39, 0.29) is 12.5 Å². The SMILES string of the molecule is C=CCN(CCO)C(=O)CCCl. The Labute approximate surface area is 77.6 Å². The fourth-order valence-electron chi connectivity index (χ4n) is 0.833. The van der Waals surface area contributed by atoms with Crippen LogP contribution in [-0.2, 0) is 4.79 Å². The topological polar surface area (TPSA) is 40.5 Å². The maximum atomic E-state index is 11.2. The molecule has 1 amide bonds. The van der Waals surface area contributed by atoms with Gasteiger partial charge in [-0.3, -0.25) is 4.79 Å². The van der Waals surface area contributed by atoms with Gasteiger partial charge >= 0.3 is 0 Å². The van der Waals surface area contributed by atoms with Crippen molar-refractivity contribution in [2.75, 3.05) is 25.6 Å². The summed E-state index contributed by atoms with van der Waals surface area (Å²) in [5.41, 5.74) is 0. The van der Waals surface area contributed by atoms with E-state index in [1.807, 2.05) is 0 Å². The van der Waals surface area contributed by atoms with Gasteiger partial charge in [-0.15, -0.1) is 18.2 Å². The number of aliphatic hydroxyl groups is 1. The van der Waals surface area contributed by atoms with Gasteiger partial charge in [0.2, 0.25) is 5.91 Å². The largest absolute Gasteiger partial charge is 0.395 e. The fraction of sp³-hybridized carbons (Fsp3) is 0.625. The lowest BCUT2D eigenvalue weighted by Gasteiger charge is -2.19. The molecule has 0 rings (SSSR count). The summed E-state index contributed by atoms with van der Waals surface area (Å²) < 4.78 is 0. The second-order valence-electron chi connectivity index (χ2n) is 2.29. The highest BCUT2D eigenvalue weighted by Gasteiger charge is 2.09. The Hall–Kier alpha value is -0.540. The lowest BCUT2D eigenvalue weighted by atomic mass is 10.3. The second-order valence-corrected chi connectivity index (χ2v) is 2.67. The molecule has 1 N–H and O–H groups in total. The number of nitrogens with zero attached hydrogens (tertiary/aromatic N) is 1. The summed E-state index contributed by atoms with van der Waals surface area (Å²) in [7, 11) is 0. The van der Waals surface area contributed by atoms with Crippen LogP contribution in [0, 0.1) is 0 Å². The Morgan fingerprint density at radius 1 is 1.67 bits per heavy atom. The van der Waals surface area contributed by atoms with Crippen LogP contribution in [0.2, 0.25) is 0 Å². The quantitative estimate of drug-likeness (QED) is 0.494. The van der Waals surface area contributed by atoms with Crippen LogP contribution in [0.3, 0.4) is 0 Å². The maximum absolute atomic E-state index is 11.2. The molecule has 0 saturated carbocycles. The lowest BCUT2D eigenvalue weighted by molar-refractivity contribution is -0.130. The maximum Gasteiger partial charge on any atom is 0.224 e. The van der Waals surface area contributed by atoms with E-state index in [1.165, 1.54) is 4.90 Å². The Kier molecular flexibility index (Phi) is 6.81. The summed E-state index contributed by atoms with van der Waals surface area (Å²) in [6.45, 7) is 4.31. The zero-order chi connectivity index (χ0) is 9.40. The van der Waals surface area contributed by atoms with Crippen LogP contribution in [-0.4, -0.2) is 41.5 Å². The molecule has 0 aromatic heterocycles. The van der Waals surface area contributed by atoms with Gasteiger partial charge in [-0.2, -0.15) is 0 Å². The molecule has 70 valence electrons. The first kappa shape index (κ1) is 11.5. The smallest absolute Gasteiger partial charge is 0.224 e. The van der Waals surface area contributed by atoms with Crippen LogP contribution in [0.15, 0.2) is 12.7 Å². The van der Waals surface area contributed by atoms with E-state index in [0.717, 1.165) is 0 Å². The molecule has 0 fully saturated rings. The molecular formula is C8H14ClNO2. The molecule has 0 atom stereocenters. The Balaban J connectivity index is 3.89. The van der Waals surface area contributed by atoms with Crippen molar-refractivity contribution in [1.29, 1.82) is 0 Å². The average Bonchev–Trinajstić information content (AvgIpc) is 2.04. The number of carbonyl (C=O) groups excluding carboxylic acids is 1. The minimum atomic E-state index is -0.0426. The van der Waals surface area contributed by atoms with E-state index in [1.54, 1.807) is 6.08 Å².